The SMILES string of the molecule is Cc1ncc(COP(=O)(O)O)c(CN[C@@H](CCC[C@H](N)C(=O)O)C(=O)O)c1O. The number of hydrogen-bond acceptors (Lipinski definition) is 8. The average Bonchev–Trinajstić information content (AvgIpc) is 2.58. The van der Waals surface area contributed by atoms with Gasteiger partial charge in [-0.2, -0.15) is 0 Å². The lowest BCUT2D eigenvalue weighted by Gasteiger charge is -2.18. The van der Waals surface area contributed by atoms with E-state index >= 15 is 0 Å². The minimum absolute atomic E-state index is 0.0927. The fourth-order valence-corrected chi connectivity index (χ4v) is 2.67. The Labute approximate surface area is 160 Å². The van der Waals surface area contributed by atoms with Gasteiger partial charge in [-0.1, -0.05) is 0 Å². The number of nitrogens with two attached hydrogens (primary N) is 1. The number of hydrogen-bond donors (Lipinski definition) is 7. The molecule has 0 aliphatic rings. The van der Waals surface area contributed by atoms with Gasteiger partial charge in [-0.25, -0.2) is 4.57 Å². The lowest BCUT2D eigenvalue weighted by atomic mass is 10.0. The van der Waals surface area contributed by atoms with Gasteiger partial charge in [0.1, 0.15) is 17.8 Å². The Kier molecular flexibility index (Phi) is 8.95. The van der Waals surface area contributed by atoms with Crippen LogP contribution >= 0.6 is 7.82 Å². The third kappa shape index (κ3) is 7.89. The second-order valence-electron chi connectivity index (χ2n) is 6.11. The van der Waals surface area contributed by atoms with Crippen molar-refractivity contribution in [1.29, 1.82) is 0 Å². The lowest BCUT2D eigenvalue weighted by molar-refractivity contribution is -0.139. The molecular weight excluding hydrogens is 397 g/mol. The molecule has 8 N–H and O–H groups in total. The fraction of sp³-hybridized carbons (Fsp3) is 0.533. The van der Waals surface area contributed by atoms with Crippen LogP contribution in [0.2, 0.25) is 0 Å². The molecule has 0 aliphatic carbocycles. The summed E-state index contributed by atoms with van der Waals surface area (Å²) >= 11 is 0. The standard InChI is InChI=1S/C15H24N3O9P/c1-8-13(19)10(9(5-17-8)7-27-28(24,25)26)6-18-12(15(22)23)4-2-3-11(16)14(20)21/h5,11-12,18-19H,2-4,6-7,16H2,1H3,(H,20,21)(H,22,23)(H2,24,25,26)/t11-,12-/m0/s1. The normalized spacial score (nSPS) is 13.9. The van der Waals surface area contributed by atoms with Gasteiger partial charge in [-0.3, -0.25) is 19.1 Å². The van der Waals surface area contributed by atoms with Crippen LogP contribution in [-0.4, -0.2) is 54.1 Å². The van der Waals surface area contributed by atoms with E-state index in [0.717, 1.165) is 0 Å². The van der Waals surface area contributed by atoms with Gasteiger partial charge in [0.2, 0.25) is 0 Å². The molecule has 28 heavy (non-hydrogen) atoms. The molecule has 158 valence electrons. The summed E-state index contributed by atoms with van der Waals surface area (Å²) < 4.78 is 15.3. The van der Waals surface area contributed by atoms with E-state index in [1.807, 2.05) is 0 Å². The van der Waals surface area contributed by atoms with E-state index in [1.54, 1.807) is 0 Å². The first-order chi connectivity index (χ1) is 12.9. The van der Waals surface area contributed by atoms with Crippen molar-refractivity contribution in [3.63, 3.8) is 0 Å². The quantitative estimate of drug-likeness (QED) is 0.219. The number of carbonyl (C=O) groups is 2. The van der Waals surface area contributed by atoms with Crippen molar-refractivity contribution in [2.24, 2.45) is 5.73 Å². The molecule has 0 amide bonds. The van der Waals surface area contributed by atoms with Gasteiger partial charge in [-0.15, -0.1) is 0 Å². The first-order valence-electron chi connectivity index (χ1n) is 8.23. The summed E-state index contributed by atoms with van der Waals surface area (Å²) in [6.45, 7) is 0.832. The summed E-state index contributed by atoms with van der Waals surface area (Å²) in [5.74, 6) is -2.61. The third-order valence-electron chi connectivity index (χ3n) is 3.97. The molecule has 0 fully saturated rings. The van der Waals surface area contributed by atoms with Crippen LogP contribution in [0.4, 0.5) is 0 Å². The number of aromatic hydroxyl groups is 1. The van der Waals surface area contributed by atoms with Gasteiger partial charge >= 0.3 is 19.8 Å². The minimum atomic E-state index is -4.75. The number of pyridine rings is 1. The molecule has 1 rings (SSSR count). The number of aromatic nitrogens is 1. The van der Waals surface area contributed by atoms with E-state index in [-0.39, 0.29) is 48.4 Å². The van der Waals surface area contributed by atoms with E-state index in [2.05, 4.69) is 14.8 Å². The highest BCUT2D eigenvalue weighted by molar-refractivity contribution is 7.46. The average molecular weight is 421 g/mol. The maximum absolute atomic E-state index is 11.4. The first kappa shape index (κ1) is 24.0. The zero-order valence-corrected chi connectivity index (χ0v) is 16.0. The number of rotatable bonds is 12. The van der Waals surface area contributed by atoms with Crippen LogP contribution in [0.1, 0.15) is 36.1 Å². The fourth-order valence-electron chi connectivity index (χ4n) is 2.36. The van der Waals surface area contributed by atoms with Crippen LogP contribution < -0.4 is 11.1 Å². The minimum Gasteiger partial charge on any atom is -0.506 e. The molecule has 0 spiro atoms. The highest BCUT2D eigenvalue weighted by Crippen LogP contribution is 2.38. The van der Waals surface area contributed by atoms with E-state index < -0.39 is 38.5 Å². The van der Waals surface area contributed by atoms with Crippen molar-refractivity contribution < 1.29 is 43.8 Å². The van der Waals surface area contributed by atoms with Crippen LogP contribution in [0, 0.1) is 6.92 Å². The van der Waals surface area contributed by atoms with Crippen molar-refractivity contribution in [2.75, 3.05) is 0 Å². The first-order valence-corrected chi connectivity index (χ1v) is 9.76. The summed E-state index contributed by atoms with van der Waals surface area (Å²) in [6.07, 6.45) is 1.70. The van der Waals surface area contributed by atoms with Crippen LogP contribution in [0.25, 0.3) is 0 Å². The Morgan fingerprint density at radius 2 is 1.93 bits per heavy atom. The summed E-state index contributed by atoms with van der Waals surface area (Å²) in [5.41, 5.74) is 6.00. The topological polar surface area (TPSA) is 213 Å². The zero-order valence-electron chi connectivity index (χ0n) is 15.1. The van der Waals surface area contributed by atoms with Crippen LogP contribution in [0.15, 0.2) is 6.20 Å². The van der Waals surface area contributed by atoms with Crippen molar-refractivity contribution >= 4 is 19.8 Å². The van der Waals surface area contributed by atoms with E-state index in [1.165, 1.54) is 13.1 Å². The van der Waals surface area contributed by atoms with Gasteiger partial charge in [0.25, 0.3) is 0 Å². The zero-order chi connectivity index (χ0) is 21.5. The number of carboxylic acids is 2. The lowest BCUT2D eigenvalue weighted by Crippen LogP contribution is -2.37. The number of nitrogens with zero attached hydrogens (tertiary/aromatic N) is 1. The highest BCUT2D eigenvalue weighted by atomic mass is 31.2. The number of carboxylic acid groups (broad SMARTS) is 2. The van der Waals surface area contributed by atoms with Crippen molar-refractivity contribution in [1.82, 2.24) is 10.3 Å². The molecule has 0 unspecified atom stereocenters. The summed E-state index contributed by atoms with van der Waals surface area (Å²) in [4.78, 5) is 43.7. The predicted octanol–water partition coefficient (Wildman–Crippen LogP) is -0.170. The van der Waals surface area contributed by atoms with Gasteiger partial charge < -0.3 is 36.2 Å². The largest absolute Gasteiger partial charge is 0.506 e. The second kappa shape index (κ2) is 10.5. The Bertz CT molecular complexity index is 753. The number of nitrogens with one attached hydrogen (secondary N) is 1. The number of aryl methyl sites for hydroxylation is 1. The molecule has 1 heterocycles. The molecule has 0 bridgehead atoms. The Hall–Kier alpha value is -2.08. The van der Waals surface area contributed by atoms with E-state index in [4.69, 9.17) is 20.6 Å². The summed E-state index contributed by atoms with van der Waals surface area (Å²) in [7, 11) is -4.75. The summed E-state index contributed by atoms with van der Waals surface area (Å²) in [5, 5.41) is 31.0. The molecule has 2 atom stereocenters. The van der Waals surface area contributed by atoms with Gasteiger partial charge in [-0.05, 0) is 26.2 Å². The molecule has 0 radical (unpaired) electrons. The van der Waals surface area contributed by atoms with Gasteiger partial charge in [0.15, 0.2) is 0 Å². The second-order valence-corrected chi connectivity index (χ2v) is 7.35. The number of aliphatic carboxylic acids is 2. The molecule has 1 aromatic heterocycles. The van der Waals surface area contributed by atoms with Crippen molar-refractivity contribution in [3.05, 3.63) is 23.0 Å². The molecule has 0 saturated heterocycles. The Morgan fingerprint density at radius 3 is 2.46 bits per heavy atom. The van der Waals surface area contributed by atoms with Gasteiger partial charge in [0, 0.05) is 23.9 Å². The Balaban J connectivity index is 2.83. The molecular formula is C15H24N3O9P. The molecule has 1 aromatic rings. The molecule has 0 saturated carbocycles. The van der Waals surface area contributed by atoms with E-state index in [0.29, 0.717) is 0 Å². The molecule has 12 nitrogen and oxygen atoms in total. The maximum Gasteiger partial charge on any atom is 0.469 e. The van der Waals surface area contributed by atoms with Crippen LogP contribution in [0.5, 0.6) is 5.75 Å². The highest BCUT2D eigenvalue weighted by Gasteiger charge is 2.22. The summed E-state index contributed by atoms with van der Waals surface area (Å²) in [6, 6.07) is -2.14. The monoisotopic (exact) mass is 421 g/mol. The molecule has 0 aliphatic heterocycles. The maximum atomic E-state index is 11.4. The van der Waals surface area contributed by atoms with E-state index in [9.17, 15) is 24.4 Å². The number of phosphoric ester groups is 1. The van der Waals surface area contributed by atoms with Crippen molar-refractivity contribution in [3.8, 4) is 5.75 Å². The van der Waals surface area contributed by atoms with Crippen LogP contribution in [0.3, 0.4) is 0 Å². The van der Waals surface area contributed by atoms with Gasteiger partial charge in [0.05, 0.1) is 12.3 Å². The molecule has 0 aromatic carbocycles. The number of phosphoric acid groups is 1. The molecule has 13 heteroatoms. The van der Waals surface area contributed by atoms with Crippen LogP contribution in [-0.2, 0) is 31.8 Å². The Morgan fingerprint density at radius 1 is 1.29 bits per heavy atom. The smallest absolute Gasteiger partial charge is 0.469 e. The predicted molar refractivity (Wildman–Crippen MR) is 95.2 cm³/mol. The third-order valence-corrected chi connectivity index (χ3v) is 4.43. The van der Waals surface area contributed by atoms with Crippen molar-refractivity contribution in [2.45, 2.75) is 51.4 Å².